The summed E-state index contributed by atoms with van der Waals surface area (Å²) in [7, 11) is 0. The van der Waals surface area contributed by atoms with Gasteiger partial charge in [0.1, 0.15) is 0 Å². The zero-order valence-electron chi connectivity index (χ0n) is 13.8. The lowest BCUT2D eigenvalue weighted by Gasteiger charge is -2.05. The fourth-order valence-electron chi connectivity index (χ4n) is 2.18. The number of thioether (sulfide) groups is 1. The summed E-state index contributed by atoms with van der Waals surface area (Å²) in [6.07, 6.45) is 0. The number of hydrogen-bond acceptors (Lipinski definition) is 5. The Balaban J connectivity index is 1.42. The van der Waals surface area contributed by atoms with Crippen LogP contribution < -0.4 is 10.6 Å². The first-order valence-electron chi connectivity index (χ1n) is 7.94. The fourth-order valence-corrected chi connectivity index (χ4v) is 3.54. The summed E-state index contributed by atoms with van der Waals surface area (Å²) in [6, 6.07) is 19.0. The van der Waals surface area contributed by atoms with Gasteiger partial charge in [-0.15, -0.1) is 23.1 Å². The SMILES string of the molecule is O=C(CSCC(=O)Nc1nc(-c2ccccc2)cs1)Nc1ccccc1. The van der Waals surface area contributed by atoms with Crippen LogP contribution in [-0.4, -0.2) is 28.3 Å². The van der Waals surface area contributed by atoms with Crippen LogP contribution in [0.15, 0.2) is 66.0 Å². The number of carbonyl (C=O) groups excluding carboxylic acids is 2. The van der Waals surface area contributed by atoms with E-state index in [0.717, 1.165) is 16.9 Å². The Hall–Kier alpha value is -2.64. The van der Waals surface area contributed by atoms with Crippen LogP contribution in [0.25, 0.3) is 11.3 Å². The third-order valence-electron chi connectivity index (χ3n) is 3.34. The second kappa shape index (κ2) is 9.17. The second-order valence-electron chi connectivity index (χ2n) is 5.36. The monoisotopic (exact) mass is 383 g/mol. The van der Waals surface area contributed by atoms with Crippen molar-refractivity contribution in [2.75, 3.05) is 22.1 Å². The van der Waals surface area contributed by atoms with E-state index in [1.54, 1.807) is 0 Å². The molecule has 26 heavy (non-hydrogen) atoms. The van der Waals surface area contributed by atoms with Crippen molar-refractivity contribution in [3.05, 3.63) is 66.0 Å². The smallest absolute Gasteiger partial charge is 0.236 e. The number of carbonyl (C=O) groups is 2. The molecule has 0 spiro atoms. The Morgan fingerprint density at radius 2 is 1.50 bits per heavy atom. The number of nitrogens with one attached hydrogen (secondary N) is 2. The molecule has 2 amide bonds. The average molecular weight is 383 g/mol. The normalized spacial score (nSPS) is 10.3. The summed E-state index contributed by atoms with van der Waals surface area (Å²) in [4.78, 5) is 28.3. The largest absolute Gasteiger partial charge is 0.325 e. The molecule has 0 aliphatic heterocycles. The van der Waals surface area contributed by atoms with Crippen molar-refractivity contribution >= 4 is 45.7 Å². The predicted molar refractivity (Wildman–Crippen MR) is 109 cm³/mol. The minimum Gasteiger partial charge on any atom is -0.325 e. The highest BCUT2D eigenvalue weighted by molar-refractivity contribution is 8.00. The van der Waals surface area contributed by atoms with Gasteiger partial charge >= 0.3 is 0 Å². The summed E-state index contributed by atoms with van der Waals surface area (Å²) in [5.74, 6) is 0.115. The van der Waals surface area contributed by atoms with Gasteiger partial charge in [-0.1, -0.05) is 48.5 Å². The Kier molecular flexibility index (Phi) is 6.40. The van der Waals surface area contributed by atoms with Crippen LogP contribution in [0.2, 0.25) is 0 Å². The maximum absolute atomic E-state index is 12.0. The quantitative estimate of drug-likeness (QED) is 0.644. The number of rotatable bonds is 7. The maximum atomic E-state index is 12.0. The van der Waals surface area contributed by atoms with Gasteiger partial charge in [0, 0.05) is 16.6 Å². The Labute approximate surface area is 159 Å². The molecule has 0 fully saturated rings. The number of para-hydroxylation sites is 1. The second-order valence-corrected chi connectivity index (χ2v) is 7.20. The van der Waals surface area contributed by atoms with Gasteiger partial charge in [-0.25, -0.2) is 4.98 Å². The van der Waals surface area contributed by atoms with Crippen molar-refractivity contribution < 1.29 is 9.59 Å². The molecule has 0 radical (unpaired) electrons. The van der Waals surface area contributed by atoms with E-state index in [4.69, 9.17) is 0 Å². The van der Waals surface area contributed by atoms with E-state index >= 15 is 0 Å². The fraction of sp³-hybridized carbons (Fsp3) is 0.105. The summed E-state index contributed by atoms with van der Waals surface area (Å²) in [5.41, 5.74) is 2.59. The highest BCUT2D eigenvalue weighted by Crippen LogP contribution is 2.24. The van der Waals surface area contributed by atoms with Crippen LogP contribution in [0, 0.1) is 0 Å². The summed E-state index contributed by atoms with van der Waals surface area (Å²) < 4.78 is 0. The van der Waals surface area contributed by atoms with Gasteiger partial charge in [0.15, 0.2) is 5.13 Å². The lowest BCUT2D eigenvalue weighted by molar-refractivity contribution is -0.114. The number of aromatic nitrogens is 1. The van der Waals surface area contributed by atoms with E-state index in [1.165, 1.54) is 23.1 Å². The molecule has 0 aliphatic carbocycles. The van der Waals surface area contributed by atoms with Crippen molar-refractivity contribution in [2.45, 2.75) is 0 Å². The van der Waals surface area contributed by atoms with Gasteiger partial charge < -0.3 is 10.6 Å². The predicted octanol–water partition coefficient (Wildman–Crippen LogP) is 4.12. The molecule has 0 atom stereocenters. The molecule has 2 aromatic carbocycles. The molecule has 1 heterocycles. The third-order valence-corrected chi connectivity index (χ3v) is 5.03. The first-order valence-corrected chi connectivity index (χ1v) is 9.97. The summed E-state index contributed by atoms with van der Waals surface area (Å²) in [6.45, 7) is 0. The lowest BCUT2D eigenvalue weighted by atomic mass is 10.2. The van der Waals surface area contributed by atoms with E-state index in [-0.39, 0.29) is 23.3 Å². The summed E-state index contributed by atoms with van der Waals surface area (Å²) >= 11 is 2.65. The Morgan fingerprint density at radius 1 is 0.885 bits per heavy atom. The minimum atomic E-state index is -0.170. The van der Waals surface area contributed by atoms with Crippen molar-refractivity contribution in [3.63, 3.8) is 0 Å². The lowest BCUT2D eigenvalue weighted by Crippen LogP contribution is -2.18. The maximum Gasteiger partial charge on any atom is 0.236 e. The van der Waals surface area contributed by atoms with E-state index in [0.29, 0.717) is 5.13 Å². The molecular weight excluding hydrogens is 366 g/mol. The molecular formula is C19H17N3O2S2. The van der Waals surface area contributed by atoms with Gasteiger partial charge in [0.05, 0.1) is 17.2 Å². The average Bonchev–Trinajstić information content (AvgIpc) is 3.11. The first kappa shape index (κ1) is 18.2. The van der Waals surface area contributed by atoms with Crippen LogP contribution in [0.5, 0.6) is 0 Å². The van der Waals surface area contributed by atoms with Gasteiger partial charge in [0.25, 0.3) is 0 Å². The van der Waals surface area contributed by atoms with Crippen molar-refractivity contribution in [3.8, 4) is 11.3 Å². The number of amides is 2. The summed E-state index contributed by atoms with van der Waals surface area (Å²) in [5, 5.41) is 8.02. The Bertz CT molecular complexity index is 867. The number of benzene rings is 2. The molecule has 2 N–H and O–H groups in total. The van der Waals surface area contributed by atoms with Gasteiger partial charge in [-0.3, -0.25) is 9.59 Å². The topological polar surface area (TPSA) is 71.1 Å². The molecule has 3 aromatic rings. The highest BCUT2D eigenvalue weighted by atomic mass is 32.2. The Morgan fingerprint density at radius 3 is 2.19 bits per heavy atom. The van der Waals surface area contributed by atoms with E-state index in [2.05, 4.69) is 15.6 Å². The number of nitrogens with zero attached hydrogens (tertiary/aromatic N) is 1. The minimum absolute atomic E-state index is 0.130. The van der Waals surface area contributed by atoms with Gasteiger partial charge in [0.2, 0.25) is 11.8 Å². The van der Waals surface area contributed by atoms with Gasteiger partial charge in [-0.05, 0) is 12.1 Å². The molecule has 132 valence electrons. The van der Waals surface area contributed by atoms with Gasteiger partial charge in [-0.2, -0.15) is 0 Å². The highest BCUT2D eigenvalue weighted by Gasteiger charge is 2.09. The number of hydrogen-bond donors (Lipinski definition) is 2. The zero-order valence-corrected chi connectivity index (χ0v) is 15.5. The molecule has 3 rings (SSSR count). The van der Waals surface area contributed by atoms with Crippen LogP contribution in [0.1, 0.15) is 0 Å². The number of thiazole rings is 1. The molecule has 0 unspecified atom stereocenters. The van der Waals surface area contributed by atoms with Crippen molar-refractivity contribution in [2.24, 2.45) is 0 Å². The molecule has 7 heteroatoms. The van der Waals surface area contributed by atoms with Crippen LogP contribution in [-0.2, 0) is 9.59 Å². The molecule has 1 aromatic heterocycles. The molecule has 5 nitrogen and oxygen atoms in total. The van der Waals surface area contributed by atoms with Crippen molar-refractivity contribution in [1.82, 2.24) is 4.98 Å². The van der Waals surface area contributed by atoms with Crippen LogP contribution in [0.3, 0.4) is 0 Å². The van der Waals surface area contributed by atoms with Crippen LogP contribution >= 0.6 is 23.1 Å². The first-order chi connectivity index (χ1) is 12.7. The molecule has 0 aliphatic rings. The van der Waals surface area contributed by atoms with Crippen molar-refractivity contribution in [1.29, 1.82) is 0 Å². The molecule has 0 bridgehead atoms. The number of anilines is 2. The van der Waals surface area contributed by atoms with E-state index < -0.39 is 0 Å². The molecule has 0 saturated heterocycles. The zero-order chi connectivity index (χ0) is 18.2. The standard InChI is InChI=1S/C19H17N3O2S2/c23-17(20-15-9-5-2-6-10-15)12-25-13-18(24)22-19-21-16(11-26-19)14-7-3-1-4-8-14/h1-11H,12-13H2,(H,20,23)(H,21,22,24). The van der Waals surface area contributed by atoms with E-state index in [9.17, 15) is 9.59 Å². The van der Waals surface area contributed by atoms with Crippen LogP contribution in [0.4, 0.5) is 10.8 Å². The third kappa shape index (κ3) is 5.44. The molecule has 0 saturated carbocycles. The van der Waals surface area contributed by atoms with E-state index in [1.807, 2.05) is 66.0 Å².